The van der Waals surface area contributed by atoms with Crippen LogP contribution in [-0.2, 0) is 4.79 Å². The Morgan fingerprint density at radius 2 is 0.880 bits per heavy atom. The molecule has 0 bridgehead atoms. The van der Waals surface area contributed by atoms with Crippen LogP contribution in [-0.4, -0.2) is 6.29 Å². The number of carbonyl (C=O) groups excluding carboxylic acids is 1. The third-order valence-electron chi connectivity index (χ3n) is 9.26. The highest BCUT2D eigenvalue weighted by Crippen LogP contribution is 2.54. The Bertz CT molecular complexity index is 427. The van der Waals surface area contributed by atoms with Gasteiger partial charge in [0.25, 0.3) is 0 Å². The smallest absolute Gasteiger partial charge is 0.123 e. The van der Waals surface area contributed by atoms with Crippen LogP contribution < -0.4 is 0 Å². The van der Waals surface area contributed by atoms with Gasteiger partial charge in [0, 0.05) is 5.92 Å². The number of carbonyl (C=O) groups is 1. The van der Waals surface area contributed by atoms with Gasteiger partial charge in [-0.05, 0) is 98.7 Å². The molecule has 0 unspecified atom stereocenters. The van der Waals surface area contributed by atoms with Crippen molar-refractivity contribution in [1.29, 1.82) is 0 Å². The van der Waals surface area contributed by atoms with E-state index < -0.39 is 0 Å². The highest BCUT2D eigenvalue weighted by Gasteiger charge is 2.44. The molecule has 3 fully saturated rings. The summed E-state index contributed by atoms with van der Waals surface area (Å²) in [4.78, 5) is 11.1. The van der Waals surface area contributed by atoms with Crippen LogP contribution >= 0.6 is 0 Å². The number of hydrogen-bond donors (Lipinski definition) is 0. The fraction of sp³-hybridized carbons (Fsp3) is 0.958. The van der Waals surface area contributed by atoms with Crippen LogP contribution in [0.4, 0.5) is 0 Å². The fourth-order valence-electron chi connectivity index (χ4n) is 6.92. The molecule has 0 saturated heterocycles. The average Bonchev–Trinajstić information content (AvgIpc) is 3.17. The summed E-state index contributed by atoms with van der Waals surface area (Å²) in [6.07, 6.45) is 17.8. The lowest BCUT2D eigenvalue weighted by molar-refractivity contribution is -0.112. The molecule has 0 heterocycles. The van der Waals surface area contributed by atoms with Gasteiger partial charge in [-0.2, -0.15) is 0 Å². The number of hydrogen-bond acceptors (Lipinski definition) is 1. The normalized spacial score (nSPS) is 35.7. The van der Waals surface area contributed by atoms with Crippen molar-refractivity contribution in [2.24, 2.45) is 40.4 Å². The van der Waals surface area contributed by atoms with E-state index in [4.69, 9.17) is 0 Å². The van der Waals surface area contributed by atoms with Gasteiger partial charge in [0.15, 0.2) is 0 Å². The molecule has 0 aromatic carbocycles. The van der Waals surface area contributed by atoms with Crippen LogP contribution in [0.25, 0.3) is 0 Å². The maximum absolute atomic E-state index is 11.1. The molecule has 0 spiro atoms. The van der Waals surface area contributed by atoms with Gasteiger partial charge in [-0.1, -0.05) is 40.5 Å². The summed E-state index contributed by atoms with van der Waals surface area (Å²) in [5, 5.41) is 0. The molecule has 0 amide bonds. The second-order valence-electron chi connectivity index (χ2n) is 10.9. The minimum Gasteiger partial charge on any atom is -0.303 e. The van der Waals surface area contributed by atoms with Crippen molar-refractivity contribution < 1.29 is 4.79 Å². The Hall–Kier alpha value is -0.330. The summed E-state index contributed by atoms with van der Waals surface area (Å²) >= 11 is 0. The molecule has 0 atom stereocenters. The molecule has 3 saturated carbocycles. The third-order valence-corrected chi connectivity index (χ3v) is 9.26. The zero-order chi connectivity index (χ0) is 18.1. The van der Waals surface area contributed by atoms with E-state index in [-0.39, 0.29) is 0 Å². The van der Waals surface area contributed by atoms with E-state index in [1.807, 2.05) is 0 Å². The maximum Gasteiger partial charge on any atom is 0.123 e. The maximum atomic E-state index is 11.1. The Labute approximate surface area is 156 Å². The molecule has 0 N–H and O–H groups in total. The zero-order valence-electron chi connectivity index (χ0n) is 17.4. The first-order valence-corrected chi connectivity index (χ1v) is 11.3. The summed E-state index contributed by atoms with van der Waals surface area (Å²) in [6, 6.07) is 0. The highest BCUT2D eigenvalue weighted by molar-refractivity contribution is 5.53. The molecule has 0 aliphatic heterocycles. The Morgan fingerprint density at radius 1 is 0.560 bits per heavy atom. The van der Waals surface area contributed by atoms with Crippen LogP contribution in [0.3, 0.4) is 0 Å². The summed E-state index contributed by atoms with van der Waals surface area (Å²) in [7, 11) is 0. The van der Waals surface area contributed by atoms with Crippen LogP contribution in [0.15, 0.2) is 0 Å². The molecular formula is C24H42O. The second-order valence-corrected chi connectivity index (χ2v) is 10.9. The van der Waals surface area contributed by atoms with E-state index in [9.17, 15) is 4.79 Å². The molecule has 1 nitrogen and oxygen atoms in total. The lowest BCUT2D eigenvalue weighted by Crippen LogP contribution is -2.40. The molecule has 3 aliphatic carbocycles. The Balaban J connectivity index is 1.55. The second kappa shape index (κ2) is 7.73. The predicted octanol–water partition coefficient (Wildman–Crippen LogP) is 7.04. The topological polar surface area (TPSA) is 17.1 Å². The van der Waals surface area contributed by atoms with Gasteiger partial charge < -0.3 is 4.79 Å². The first kappa shape index (κ1) is 19.4. The average molecular weight is 347 g/mol. The monoisotopic (exact) mass is 346 g/mol. The lowest BCUT2D eigenvalue weighted by atomic mass is 9.56. The van der Waals surface area contributed by atoms with Crippen LogP contribution in [0.1, 0.15) is 105 Å². The van der Waals surface area contributed by atoms with Crippen molar-refractivity contribution >= 4 is 6.29 Å². The zero-order valence-corrected chi connectivity index (χ0v) is 17.4. The van der Waals surface area contributed by atoms with E-state index in [0.29, 0.717) is 16.7 Å². The molecule has 25 heavy (non-hydrogen) atoms. The summed E-state index contributed by atoms with van der Waals surface area (Å²) in [5.74, 6) is 4.04. The van der Waals surface area contributed by atoms with Crippen LogP contribution in [0, 0.1) is 40.4 Å². The van der Waals surface area contributed by atoms with Crippen molar-refractivity contribution in [1.82, 2.24) is 0 Å². The summed E-state index contributed by atoms with van der Waals surface area (Å²) in [5.41, 5.74) is 1.03. The number of rotatable bonds is 5. The van der Waals surface area contributed by atoms with Crippen molar-refractivity contribution in [3.8, 4) is 0 Å². The van der Waals surface area contributed by atoms with Crippen molar-refractivity contribution in [3.05, 3.63) is 0 Å². The van der Waals surface area contributed by atoms with Gasteiger partial charge in [0.1, 0.15) is 6.29 Å². The van der Waals surface area contributed by atoms with Crippen LogP contribution in [0.2, 0.25) is 0 Å². The lowest BCUT2D eigenvalue weighted by Gasteiger charge is -2.49. The Morgan fingerprint density at radius 3 is 1.24 bits per heavy atom. The summed E-state index contributed by atoms with van der Waals surface area (Å²) < 4.78 is 0. The molecular weight excluding hydrogens is 304 g/mol. The largest absolute Gasteiger partial charge is 0.303 e. The van der Waals surface area contributed by atoms with E-state index in [1.54, 1.807) is 0 Å². The van der Waals surface area contributed by atoms with Gasteiger partial charge in [0.05, 0.1) is 0 Å². The quantitative estimate of drug-likeness (QED) is 0.488. The SMILES string of the molecule is CC(C)(C1CCCC1)C1CCC(C(C)(C)C2CCC(C=O)CC2)CC1. The van der Waals surface area contributed by atoms with E-state index in [1.165, 1.54) is 70.5 Å². The van der Waals surface area contributed by atoms with E-state index in [2.05, 4.69) is 27.7 Å². The minimum atomic E-state index is 0.356. The van der Waals surface area contributed by atoms with Gasteiger partial charge in [0.2, 0.25) is 0 Å². The number of aldehydes is 1. The van der Waals surface area contributed by atoms with E-state index in [0.717, 1.165) is 36.5 Å². The van der Waals surface area contributed by atoms with Gasteiger partial charge >= 0.3 is 0 Å². The minimum absolute atomic E-state index is 0.356. The third kappa shape index (κ3) is 4.01. The van der Waals surface area contributed by atoms with Gasteiger partial charge in [-0.3, -0.25) is 0 Å². The molecule has 0 aromatic rings. The van der Waals surface area contributed by atoms with Crippen molar-refractivity contribution in [2.75, 3.05) is 0 Å². The van der Waals surface area contributed by atoms with Crippen LogP contribution in [0.5, 0.6) is 0 Å². The summed E-state index contributed by atoms with van der Waals surface area (Å²) in [6.45, 7) is 10.3. The highest BCUT2D eigenvalue weighted by atomic mass is 16.1. The molecule has 144 valence electrons. The molecule has 3 rings (SSSR count). The molecule has 1 heteroatoms. The van der Waals surface area contributed by atoms with Gasteiger partial charge in [-0.15, -0.1) is 0 Å². The van der Waals surface area contributed by atoms with E-state index >= 15 is 0 Å². The molecule has 0 aromatic heterocycles. The van der Waals surface area contributed by atoms with Crippen molar-refractivity contribution in [2.45, 2.75) is 105 Å². The molecule has 0 radical (unpaired) electrons. The standard InChI is InChI=1S/C24H42O/c1-23(2,19-7-5-6-8-19)21-13-15-22(16-14-21)24(3,4)20-11-9-18(17-25)10-12-20/h17-22H,5-16H2,1-4H3. The first-order valence-electron chi connectivity index (χ1n) is 11.3. The van der Waals surface area contributed by atoms with Crippen molar-refractivity contribution in [3.63, 3.8) is 0 Å². The Kier molecular flexibility index (Phi) is 6.01. The van der Waals surface area contributed by atoms with Gasteiger partial charge in [-0.25, -0.2) is 0 Å². The fourth-order valence-corrected chi connectivity index (χ4v) is 6.92. The first-order chi connectivity index (χ1) is 11.9. The predicted molar refractivity (Wildman–Crippen MR) is 106 cm³/mol. The molecule has 3 aliphatic rings.